The van der Waals surface area contributed by atoms with Gasteiger partial charge >= 0.3 is 0 Å². The number of nitrogens with zero attached hydrogens (tertiary/aromatic N) is 4. The molecule has 3 aliphatic heterocycles. The van der Waals surface area contributed by atoms with E-state index in [1.807, 2.05) is 60.5 Å². The van der Waals surface area contributed by atoms with Crippen molar-refractivity contribution in [2.75, 3.05) is 32.6 Å². The summed E-state index contributed by atoms with van der Waals surface area (Å²) in [5.74, 6) is 0.0686. The summed E-state index contributed by atoms with van der Waals surface area (Å²) in [5.41, 5.74) is 2.03. The van der Waals surface area contributed by atoms with Crippen LogP contribution in [-0.2, 0) is 21.7 Å². The number of halogens is 1. The number of fused-ring (bicyclic) bond motifs is 3. The Morgan fingerprint density at radius 2 is 1.79 bits per heavy atom. The van der Waals surface area contributed by atoms with E-state index < -0.39 is 10.3 Å². The Morgan fingerprint density at radius 1 is 1.08 bits per heavy atom. The van der Waals surface area contributed by atoms with Gasteiger partial charge in [-0.2, -0.15) is 0 Å². The number of amides is 2. The monoisotopic (exact) mass is 564 g/mol. The van der Waals surface area contributed by atoms with Gasteiger partial charge in [0.2, 0.25) is 5.91 Å². The van der Waals surface area contributed by atoms with Crippen LogP contribution < -0.4 is 9.64 Å². The van der Waals surface area contributed by atoms with E-state index in [1.165, 1.54) is 11.8 Å². The summed E-state index contributed by atoms with van der Waals surface area (Å²) < 4.78 is 4.49. The third kappa shape index (κ3) is 3.25. The van der Waals surface area contributed by atoms with Crippen LogP contribution in [0.15, 0.2) is 67.0 Å². The topological polar surface area (TPSA) is 66.0 Å². The Hall–Kier alpha value is -2.98. The van der Waals surface area contributed by atoms with E-state index in [2.05, 4.69) is 4.98 Å². The molecule has 3 atom stereocenters. The average Bonchev–Trinajstić information content (AvgIpc) is 3.43. The summed E-state index contributed by atoms with van der Waals surface area (Å²) in [6.45, 7) is 0.777. The third-order valence-electron chi connectivity index (χ3n) is 8.02. The van der Waals surface area contributed by atoms with Gasteiger partial charge in [-0.3, -0.25) is 24.4 Å². The van der Waals surface area contributed by atoms with Crippen molar-refractivity contribution in [2.45, 2.75) is 22.7 Å². The van der Waals surface area contributed by atoms with E-state index >= 15 is 0 Å². The smallest absolute Gasteiger partial charge is 0.254 e. The number of likely N-dealkylation sites (N-methyl/N-ethyl adjacent to an activating group) is 2. The first-order chi connectivity index (χ1) is 18.3. The van der Waals surface area contributed by atoms with Gasteiger partial charge in [0, 0.05) is 48.2 Å². The molecular formula is C28H25ClN4O3S2. The Morgan fingerprint density at radius 3 is 2.47 bits per heavy atom. The summed E-state index contributed by atoms with van der Waals surface area (Å²) in [5, 5.41) is 0.509. The second-order valence-corrected chi connectivity index (χ2v) is 12.1. The summed E-state index contributed by atoms with van der Waals surface area (Å²) in [6.07, 6.45) is 3.44. The van der Waals surface area contributed by atoms with Crippen LogP contribution in [0.4, 0.5) is 5.69 Å². The van der Waals surface area contributed by atoms with Crippen LogP contribution in [-0.4, -0.2) is 63.4 Å². The summed E-state index contributed by atoms with van der Waals surface area (Å²) in [6, 6.07) is 16.9. The Labute approximate surface area is 235 Å². The number of pyridine rings is 1. The van der Waals surface area contributed by atoms with Crippen molar-refractivity contribution in [3.8, 4) is 5.75 Å². The quantitative estimate of drug-likeness (QED) is 0.434. The summed E-state index contributed by atoms with van der Waals surface area (Å²) >= 11 is 13.7. The van der Waals surface area contributed by atoms with Crippen LogP contribution in [0, 0.1) is 0 Å². The number of methoxy groups -OCH3 is 1. The molecule has 2 saturated heterocycles. The molecule has 2 spiro atoms. The van der Waals surface area contributed by atoms with Crippen LogP contribution in [0.5, 0.6) is 5.75 Å². The normalized spacial score (nSPS) is 26.7. The molecule has 6 rings (SSSR count). The highest BCUT2D eigenvalue weighted by Crippen LogP contribution is 2.66. The number of thioether (sulfide) groups is 1. The molecule has 2 fully saturated rings. The number of carbonyl (C=O) groups excluding carboxylic acids is 2. The SMILES string of the molecule is COc1ccc(CN2C(=O)[C@]3(SC2=S)[C@H](c2ccncc2)CN(C)[C@@]32C(=O)N(C)c3ccc(Cl)cc32)cc1. The van der Waals surface area contributed by atoms with E-state index in [4.69, 9.17) is 28.6 Å². The zero-order valence-corrected chi connectivity index (χ0v) is 23.4. The van der Waals surface area contributed by atoms with E-state index in [9.17, 15) is 9.59 Å². The molecule has 3 aliphatic rings. The third-order valence-corrected chi connectivity index (χ3v) is 10.2. The van der Waals surface area contributed by atoms with Crippen LogP contribution >= 0.6 is 35.6 Å². The van der Waals surface area contributed by atoms with Gasteiger partial charge in [0.15, 0.2) is 5.54 Å². The van der Waals surface area contributed by atoms with Gasteiger partial charge in [-0.1, -0.05) is 47.7 Å². The highest BCUT2D eigenvalue weighted by Gasteiger charge is 2.78. The number of thiocarbonyl (C=S) groups is 1. The first-order valence-corrected chi connectivity index (χ1v) is 13.7. The van der Waals surface area contributed by atoms with Gasteiger partial charge in [-0.05, 0) is 60.6 Å². The number of aromatic nitrogens is 1. The minimum atomic E-state index is -1.30. The zero-order chi connectivity index (χ0) is 26.8. The number of benzene rings is 2. The maximum absolute atomic E-state index is 14.9. The highest BCUT2D eigenvalue weighted by molar-refractivity contribution is 8.25. The first-order valence-electron chi connectivity index (χ1n) is 12.1. The lowest BCUT2D eigenvalue weighted by molar-refractivity contribution is -0.139. The average molecular weight is 565 g/mol. The van der Waals surface area contributed by atoms with E-state index in [1.54, 1.807) is 42.4 Å². The highest BCUT2D eigenvalue weighted by atomic mass is 35.5. The zero-order valence-electron chi connectivity index (χ0n) is 21.1. The standard InChI is InChI=1S/C28H25ClN4O3S2/c1-31-16-22(18-10-12-30-13-11-18)28(27(31)21-14-19(29)6-9-23(21)32(2)24(27)34)25(35)33(26(37)38-28)15-17-4-7-20(36-3)8-5-17/h4-14,22H,15-16H2,1-3H3/t22-,27-,28+/m0/s1. The molecule has 0 saturated carbocycles. The summed E-state index contributed by atoms with van der Waals surface area (Å²) in [7, 11) is 5.28. The van der Waals surface area contributed by atoms with E-state index in [0.29, 0.717) is 22.4 Å². The Balaban J connectivity index is 1.56. The number of carbonyl (C=O) groups is 2. The van der Waals surface area contributed by atoms with Crippen LogP contribution in [0.1, 0.15) is 22.6 Å². The largest absolute Gasteiger partial charge is 0.497 e. The molecule has 194 valence electrons. The van der Waals surface area contributed by atoms with Gasteiger partial charge in [0.25, 0.3) is 5.91 Å². The lowest BCUT2D eigenvalue weighted by Gasteiger charge is -2.42. The predicted octanol–water partition coefficient (Wildman–Crippen LogP) is 4.44. The van der Waals surface area contributed by atoms with E-state index in [0.717, 1.165) is 28.1 Å². The molecule has 0 N–H and O–H groups in total. The van der Waals surface area contributed by atoms with Crippen molar-refractivity contribution < 1.29 is 14.3 Å². The molecule has 2 aromatic carbocycles. The molecule has 10 heteroatoms. The molecule has 1 aromatic heterocycles. The van der Waals surface area contributed by atoms with Crippen molar-refractivity contribution in [2.24, 2.45) is 0 Å². The maximum atomic E-state index is 14.9. The second-order valence-electron chi connectivity index (χ2n) is 9.79. The van der Waals surface area contributed by atoms with Gasteiger partial charge in [0.05, 0.1) is 13.7 Å². The summed E-state index contributed by atoms with van der Waals surface area (Å²) in [4.78, 5) is 38.8. The number of hydrogen-bond donors (Lipinski definition) is 0. The molecule has 4 heterocycles. The number of hydrogen-bond acceptors (Lipinski definition) is 7. The molecule has 0 unspecified atom stereocenters. The molecule has 38 heavy (non-hydrogen) atoms. The minimum absolute atomic E-state index is 0.163. The van der Waals surface area contributed by atoms with Crippen molar-refractivity contribution in [3.63, 3.8) is 0 Å². The van der Waals surface area contributed by atoms with Gasteiger partial charge in [-0.15, -0.1) is 0 Å². The van der Waals surface area contributed by atoms with Crippen molar-refractivity contribution in [1.29, 1.82) is 0 Å². The maximum Gasteiger partial charge on any atom is 0.254 e. The number of rotatable bonds is 4. The number of anilines is 1. The molecule has 7 nitrogen and oxygen atoms in total. The fourth-order valence-electron chi connectivity index (χ4n) is 6.32. The molecule has 2 amide bonds. The van der Waals surface area contributed by atoms with Gasteiger partial charge in [0.1, 0.15) is 14.8 Å². The first kappa shape index (κ1) is 25.3. The predicted molar refractivity (Wildman–Crippen MR) is 153 cm³/mol. The molecule has 0 bridgehead atoms. The molecular weight excluding hydrogens is 540 g/mol. The van der Waals surface area contributed by atoms with Crippen LogP contribution in [0.2, 0.25) is 5.02 Å². The van der Waals surface area contributed by atoms with Crippen LogP contribution in [0.3, 0.4) is 0 Å². The Bertz CT molecular complexity index is 1470. The number of likely N-dealkylation sites (tertiary alicyclic amines) is 1. The fourth-order valence-corrected chi connectivity index (χ4v) is 8.61. The van der Waals surface area contributed by atoms with Crippen molar-refractivity contribution in [1.82, 2.24) is 14.8 Å². The lowest BCUT2D eigenvalue weighted by Crippen LogP contribution is -2.62. The second kappa shape index (κ2) is 9.05. The molecule has 0 radical (unpaired) electrons. The number of ether oxygens (including phenoxy) is 1. The van der Waals surface area contributed by atoms with Crippen molar-refractivity contribution >= 4 is 57.4 Å². The van der Waals surface area contributed by atoms with Crippen LogP contribution in [0.25, 0.3) is 0 Å². The van der Waals surface area contributed by atoms with Gasteiger partial charge < -0.3 is 9.64 Å². The fraction of sp³-hybridized carbons (Fsp3) is 0.286. The Kier molecular flexibility index (Phi) is 6.03. The molecule has 3 aromatic rings. The van der Waals surface area contributed by atoms with E-state index in [-0.39, 0.29) is 17.7 Å². The molecule has 0 aliphatic carbocycles. The van der Waals surface area contributed by atoms with Crippen molar-refractivity contribution in [3.05, 3.63) is 88.7 Å². The lowest BCUT2D eigenvalue weighted by atomic mass is 9.72. The minimum Gasteiger partial charge on any atom is -0.497 e. The van der Waals surface area contributed by atoms with Gasteiger partial charge in [-0.25, -0.2) is 0 Å².